The van der Waals surface area contributed by atoms with Gasteiger partial charge in [0.15, 0.2) is 6.29 Å². The average Bonchev–Trinajstić information content (AvgIpc) is 3.41. The zero-order chi connectivity index (χ0) is 54.3. The van der Waals surface area contributed by atoms with Crippen LogP contribution >= 0.6 is 0 Å². The van der Waals surface area contributed by atoms with Crippen LogP contribution in [0.5, 0.6) is 0 Å². The molecule has 6 N–H and O–H groups in total. The molecule has 0 aromatic rings. The zero-order valence-corrected chi connectivity index (χ0v) is 47.5. The Bertz CT molecular complexity index is 1590. The molecule has 1 aliphatic heterocycles. The second-order valence-electron chi connectivity index (χ2n) is 20.4. The SMILES string of the molecule is CC/C=C\C/C=C\C/C=C\C/C=C\C/C=C\C/C=C\C/C=C\CCCCCCCC(=O)NC(COC1OC(CO)C(O)C(O)C1O)C(O)/C=C/CC/C=C/CC/C=C/CCCCCCCCCCCCCCCCC. The van der Waals surface area contributed by atoms with Crippen molar-refractivity contribution >= 4 is 5.91 Å². The average molecular weight is 1050 g/mol. The number of amides is 1. The van der Waals surface area contributed by atoms with Gasteiger partial charge >= 0.3 is 0 Å². The van der Waals surface area contributed by atoms with E-state index in [1.807, 2.05) is 6.08 Å². The summed E-state index contributed by atoms with van der Waals surface area (Å²) in [5.41, 5.74) is 0. The van der Waals surface area contributed by atoms with Gasteiger partial charge in [-0.3, -0.25) is 4.79 Å². The largest absolute Gasteiger partial charge is 0.394 e. The van der Waals surface area contributed by atoms with Gasteiger partial charge in [0.1, 0.15) is 24.4 Å². The first-order chi connectivity index (χ1) is 36.8. The quantitative estimate of drug-likeness (QED) is 0.0261. The highest BCUT2D eigenvalue weighted by molar-refractivity contribution is 5.76. The molecule has 1 saturated heterocycles. The van der Waals surface area contributed by atoms with Crippen molar-refractivity contribution in [3.63, 3.8) is 0 Å². The normalized spacial score (nSPS) is 19.8. The fourth-order valence-electron chi connectivity index (χ4n) is 8.76. The van der Waals surface area contributed by atoms with Crippen molar-refractivity contribution in [2.75, 3.05) is 13.2 Å². The molecule has 75 heavy (non-hydrogen) atoms. The number of unbranched alkanes of at least 4 members (excludes halogenated alkanes) is 22. The maximum absolute atomic E-state index is 13.1. The van der Waals surface area contributed by atoms with Gasteiger partial charge in [-0.2, -0.15) is 0 Å². The van der Waals surface area contributed by atoms with Gasteiger partial charge in [-0.05, 0) is 103 Å². The van der Waals surface area contributed by atoms with Crippen LogP contribution in [0, 0.1) is 0 Å². The first-order valence-corrected chi connectivity index (χ1v) is 30.3. The summed E-state index contributed by atoms with van der Waals surface area (Å²) in [5, 5.41) is 54.5. The van der Waals surface area contributed by atoms with E-state index in [0.717, 1.165) is 116 Å². The van der Waals surface area contributed by atoms with Crippen LogP contribution in [0.25, 0.3) is 0 Å². The third-order valence-electron chi connectivity index (χ3n) is 13.5. The molecule has 1 rings (SSSR count). The lowest BCUT2D eigenvalue weighted by Crippen LogP contribution is -2.60. The molecule has 1 amide bonds. The molecule has 9 heteroatoms. The number of aliphatic hydroxyl groups is 5. The molecule has 7 atom stereocenters. The van der Waals surface area contributed by atoms with E-state index in [4.69, 9.17) is 9.47 Å². The summed E-state index contributed by atoms with van der Waals surface area (Å²) < 4.78 is 11.3. The van der Waals surface area contributed by atoms with E-state index in [1.165, 1.54) is 96.3 Å². The molecule has 428 valence electrons. The van der Waals surface area contributed by atoms with E-state index < -0.39 is 49.5 Å². The van der Waals surface area contributed by atoms with Gasteiger partial charge in [0.05, 0.1) is 25.4 Å². The molecule has 0 bridgehead atoms. The van der Waals surface area contributed by atoms with E-state index in [1.54, 1.807) is 6.08 Å². The van der Waals surface area contributed by atoms with Gasteiger partial charge < -0.3 is 40.3 Å². The Hall–Kier alpha value is -3.41. The minimum atomic E-state index is -1.59. The standard InChI is InChI=1S/C66H111NO8/c1-3-5-7-9-11-13-15-17-19-21-23-25-27-29-30-32-34-36-38-40-42-44-46-48-50-52-54-56-62(70)67-59(58-74-66-65(73)64(72)63(71)61(57-68)75-66)60(69)55-53-51-49-47-45-43-41-39-37-35-33-31-28-26-24-22-20-18-16-14-12-10-8-6-4-2/h5,7,11,13,17,19,23,25,29-30,34,36-37,39-40,42,45,47,53,55,59-61,63-66,68-69,71-73H,3-4,6,8-10,12,14-16,18,20-22,24,26-28,31-33,35,38,41,43-44,46,48-52,54,56-58H2,1-2H3,(H,67,70)/b7-5-,13-11-,19-17-,25-23-,30-29-,36-34-,39-37+,42-40-,47-45+,55-53+. The minimum Gasteiger partial charge on any atom is -0.394 e. The molecular formula is C66H111NO8. The van der Waals surface area contributed by atoms with E-state index in [-0.39, 0.29) is 12.5 Å². The van der Waals surface area contributed by atoms with Crippen LogP contribution in [-0.2, 0) is 14.3 Å². The number of hydrogen-bond acceptors (Lipinski definition) is 8. The van der Waals surface area contributed by atoms with E-state index in [9.17, 15) is 30.3 Å². The van der Waals surface area contributed by atoms with Crippen LogP contribution in [-0.4, -0.2) is 87.5 Å². The molecule has 7 unspecified atom stereocenters. The van der Waals surface area contributed by atoms with Crippen LogP contribution < -0.4 is 5.32 Å². The Balaban J connectivity index is 2.29. The Morgan fingerprint density at radius 2 is 0.840 bits per heavy atom. The monoisotopic (exact) mass is 1050 g/mol. The molecule has 0 saturated carbocycles. The Morgan fingerprint density at radius 1 is 0.467 bits per heavy atom. The number of hydrogen-bond donors (Lipinski definition) is 6. The van der Waals surface area contributed by atoms with Crippen LogP contribution in [0.15, 0.2) is 122 Å². The van der Waals surface area contributed by atoms with E-state index in [0.29, 0.717) is 6.42 Å². The zero-order valence-electron chi connectivity index (χ0n) is 47.5. The lowest BCUT2D eigenvalue weighted by atomic mass is 9.99. The topological polar surface area (TPSA) is 149 Å². The number of aliphatic hydroxyl groups excluding tert-OH is 5. The number of rotatable bonds is 50. The predicted molar refractivity (Wildman–Crippen MR) is 317 cm³/mol. The fraction of sp³-hybridized carbons (Fsp3) is 0.682. The van der Waals surface area contributed by atoms with Gasteiger partial charge in [0.2, 0.25) is 5.91 Å². The minimum absolute atomic E-state index is 0.214. The highest BCUT2D eigenvalue weighted by atomic mass is 16.7. The van der Waals surface area contributed by atoms with E-state index >= 15 is 0 Å². The number of allylic oxidation sites excluding steroid dienone is 19. The van der Waals surface area contributed by atoms with Gasteiger partial charge in [-0.1, -0.05) is 245 Å². The van der Waals surface area contributed by atoms with Crippen LogP contribution in [0.4, 0.5) is 0 Å². The van der Waals surface area contributed by atoms with Crippen molar-refractivity contribution in [3.05, 3.63) is 122 Å². The van der Waals surface area contributed by atoms with Crippen molar-refractivity contribution in [1.82, 2.24) is 5.32 Å². The van der Waals surface area contributed by atoms with Gasteiger partial charge in [0.25, 0.3) is 0 Å². The Morgan fingerprint density at radius 3 is 1.28 bits per heavy atom. The molecule has 1 heterocycles. The number of carbonyl (C=O) groups is 1. The molecule has 9 nitrogen and oxygen atoms in total. The Kier molecular flexibility index (Phi) is 50.1. The summed E-state index contributed by atoms with van der Waals surface area (Å²) >= 11 is 0. The summed E-state index contributed by atoms with van der Waals surface area (Å²) in [6.45, 7) is 3.63. The van der Waals surface area contributed by atoms with Gasteiger partial charge in [-0.25, -0.2) is 0 Å². The summed E-state index contributed by atoms with van der Waals surface area (Å²) in [7, 11) is 0. The summed E-state index contributed by atoms with van der Waals surface area (Å²) in [6.07, 6.45) is 74.1. The smallest absolute Gasteiger partial charge is 0.220 e. The maximum atomic E-state index is 13.1. The van der Waals surface area contributed by atoms with Gasteiger partial charge in [-0.15, -0.1) is 0 Å². The third kappa shape index (κ3) is 43.3. The summed E-state index contributed by atoms with van der Waals surface area (Å²) in [5.74, 6) is -0.214. The summed E-state index contributed by atoms with van der Waals surface area (Å²) in [6, 6.07) is -0.850. The summed E-state index contributed by atoms with van der Waals surface area (Å²) in [4.78, 5) is 13.1. The number of carbonyl (C=O) groups excluding carboxylic acids is 1. The van der Waals surface area contributed by atoms with Crippen LogP contribution in [0.2, 0.25) is 0 Å². The first-order valence-electron chi connectivity index (χ1n) is 30.3. The van der Waals surface area contributed by atoms with Crippen molar-refractivity contribution in [2.24, 2.45) is 0 Å². The molecule has 1 aliphatic rings. The molecular weight excluding hydrogens is 935 g/mol. The van der Waals surface area contributed by atoms with Crippen LogP contribution in [0.3, 0.4) is 0 Å². The van der Waals surface area contributed by atoms with Crippen molar-refractivity contribution in [1.29, 1.82) is 0 Å². The molecule has 0 aromatic heterocycles. The number of ether oxygens (including phenoxy) is 2. The second kappa shape index (κ2) is 54.0. The van der Waals surface area contributed by atoms with Crippen molar-refractivity contribution in [2.45, 2.75) is 275 Å². The maximum Gasteiger partial charge on any atom is 0.220 e. The molecule has 0 radical (unpaired) electrons. The Labute approximate surface area is 458 Å². The lowest BCUT2D eigenvalue weighted by Gasteiger charge is -2.40. The highest BCUT2D eigenvalue weighted by Gasteiger charge is 2.44. The highest BCUT2D eigenvalue weighted by Crippen LogP contribution is 2.23. The third-order valence-corrected chi connectivity index (χ3v) is 13.5. The molecule has 0 aromatic carbocycles. The molecule has 0 spiro atoms. The van der Waals surface area contributed by atoms with Crippen molar-refractivity contribution in [3.8, 4) is 0 Å². The fourth-order valence-corrected chi connectivity index (χ4v) is 8.76. The van der Waals surface area contributed by atoms with Crippen LogP contribution in [0.1, 0.15) is 232 Å². The molecule has 1 fully saturated rings. The first kappa shape index (κ1) is 69.6. The van der Waals surface area contributed by atoms with Gasteiger partial charge in [0, 0.05) is 6.42 Å². The predicted octanol–water partition coefficient (Wildman–Crippen LogP) is 15.5. The van der Waals surface area contributed by atoms with E-state index in [2.05, 4.69) is 129 Å². The second-order valence-corrected chi connectivity index (χ2v) is 20.4. The number of nitrogens with one attached hydrogen (secondary N) is 1. The molecule has 0 aliphatic carbocycles. The lowest BCUT2D eigenvalue weighted by molar-refractivity contribution is -0.302. The van der Waals surface area contributed by atoms with Crippen molar-refractivity contribution < 1.29 is 39.8 Å².